The summed E-state index contributed by atoms with van der Waals surface area (Å²) in [5, 5.41) is 3.98. The average Bonchev–Trinajstić information content (AvgIpc) is 3.32. The normalized spacial score (nSPS) is 20.8. The molecule has 1 atom stereocenters. The van der Waals surface area contributed by atoms with Crippen LogP contribution in [0.4, 0.5) is 4.39 Å². The third-order valence-electron chi connectivity index (χ3n) is 7.83. The molecule has 3 saturated heterocycles. The van der Waals surface area contributed by atoms with Crippen LogP contribution in [0.3, 0.4) is 0 Å². The highest BCUT2D eigenvalue weighted by Gasteiger charge is 2.35. The number of nitrogens with zero attached hydrogens (tertiary/aromatic N) is 1. The smallest absolute Gasteiger partial charge is 0.251 e. The zero-order valence-corrected chi connectivity index (χ0v) is 20.8. The largest absolute Gasteiger partial charge is 0.455 e. The van der Waals surface area contributed by atoms with E-state index >= 15 is 0 Å². The Labute approximate surface area is 215 Å². The van der Waals surface area contributed by atoms with Crippen LogP contribution in [0.15, 0.2) is 71.1 Å². The molecule has 1 aromatic heterocycles. The maximum atomic E-state index is 13.5. The fourth-order valence-corrected chi connectivity index (χ4v) is 5.76. The summed E-state index contributed by atoms with van der Waals surface area (Å²) >= 11 is 0. The van der Waals surface area contributed by atoms with Crippen molar-refractivity contribution in [2.75, 3.05) is 19.6 Å². The molecule has 6 heteroatoms. The van der Waals surface area contributed by atoms with E-state index in [4.69, 9.17) is 4.42 Å². The molecule has 3 aromatic carbocycles. The molecular formula is C31H29FN2O3. The first-order valence-electron chi connectivity index (χ1n) is 13.0. The lowest BCUT2D eigenvalue weighted by atomic mass is 9.84. The number of halogens is 1. The first-order valence-corrected chi connectivity index (χ1v) is 13.0. The molecular weight excluding hydrogens is 467 g/mol. The Bertz CT molecular complexity index is 1480. The van der Waals surface area contributed by atoms with E-state index in [9.17, 15) is 14.0 Å². The van der Waals surface area contributed by atoms with Crippen LogP contribution in [0.5, 0.6) is 0 Å². The van der Waals surface area contributed by atoms with Crippen molar-refractivity contribution in [2.45, 2.75) is 32.2 Å². The number of amides is 1. The molecule has 1 N–H and O–H groups in total. The van der Waals surface area contributed by atoms with Crippen molar-refractivity contribution in [2.24, 2.45) is 5.92 Å². The molecule has 3 fully saturated rings. The topological polar surface area (TPSA) is 62.6 Å². The molecule has 0 aliphatic carbocycles. The summed E-state index contributed by atoms with van der Waals surface area (Å²) in [7, 11) is 0. The summed E-state index contributed by atoms with van der Waals surface area (Å²) in [5.74, 6) is 0.573. The number of piperidine rings is 3. The minimum Gasteiger partial charge on any atom is -0.455 e. The lowest BCUT2D eigenvalue weighted by Gasteiger charge is -2.44. The maximum Gasteiger partial charge on any atom is 0.251 e. The Kier molecular flexibility index (Phi) is 6.13. The predicted octanol–water partition coefficient (Wildman–Crippen LogP) is 6.32. The van der Waals surface area contributed by atoms with Gasteiger partial charge in [-0.1, -0.05) is 25.1 Å². The van der Waals surface area contributed by atoms with Gasteiger partial charge in [0.15, 0.2) is 5.78 Å². The lowest BCUT2D eigenvalue weighted by Crippen LogP contribution is -2.57. The highest BCUT2D eigenvalue weighted by atomic mass is 19.1. The monoisotopic (exact) mass is 496 g/mol. The second-order valence-electron chi connectivity index (χ2n) is 10.1. The summed E-state index contributed by atoms with van der Waals surface area (Å²) in [6.45, 7) is 5.01. The number of hydrogen-bond acceptors (Lipinski definition) is 4. The van der Waals surface area contributed by atoms with Gasteiger partial charge in [0.2, 0.25) is 0 Å². The zero-order valence-electron chi connectivity index (χ0n) is 20.8. The SMILES string of the molecule is CCC(=O)c1c(-c2ccc(F)cc2)oc2ccc(-c3cccc(C(=O)NC4CN5CCC4CC5)c3)cc12. The van der Waals surface area contributed by atoms with Crippen LogP contribution in [0.2, 0.25) is 0 Å². The standard InChI is InChI=1S/C31H29FN2O3/c1-2-27(35)29-25-17-22(8-11-28(25)37-30(29)20-6-9-24(32)10-7-20)21-4-3-5-23(16-21)31(36)33-26-18-34-14-12-19(26)13-15-34/h3-11,16-17,19,26H,2,12-15,18H2,1H3,(H,33,36). The fraction of sp³-hybridized carbons (Fsp3) is 0.290. The minimum atomic E-state index is -0.345. The van der Waals surface area contributed by atoms with Gasteiger partial charge < -0.3 is 14.6 Å². The molecule has 3 aliphatic rings. The van der Waals surface area contributed by atoms with E-state index in [0.717, 1.165) is 43.6 Å². The highest BCUT2D eigenvalue weighted by Crippen LogP contribution is 2.37. The van der Waals surface area contributed by atoms with Crippen LogP contribution in [-0.4, -0.2) is 42.3 Å². The first kappa shape index (κ1) is 23.6. The van der Waals surface area contributed by atoms with Gasteiger partial charge in [0.1, 0.15) is 17.2 Å². The molecule has 0 radical (unpaired) electrons. The molecule has 0 spiro atoms. The van der Waals surface area contributed by atoms with E-state index in [-0.39, 0.29) is 23.5 Å². The van der Waals surface area contributed by atoms with Crippen molar-refractivity contribution in [3.63, 3.8) is 0 Å². The highest BCUT2D eigenvalue weighted by molar-refractivity contribution is 6.12. The Morgan fingerprint density at radius 1 is 0.973 bits per heavy atom. The van der Waals surface area contributed by atoms with Gasteiger partial charge in [-0.25, -0.2) is 4.39 Å². The van der Waals surface area contributed by atoms with E-state index in [1.807, 2.05) is 49.4 Å². The Morgan fingerprint density at radius 2 is 1.70 bits per heavy atom. The average molecular weight is 497 g/mol. The quantitative estimate of drug-likeness (QED) is 0.317. The third kappa shape index (κ3) is 4.46. The van der Waals surface area contributed by atoms with Crippen molar-refractivity contribution in [1.82, 2.24) is 10.2 Å². The van der Waals surface area contributed by atoms with Gasteiger partial charge in [-0.2, -0.15) is 0 Å². The molecule has 2 bridgehead atoms. The molecule has 188 valence electrons. The van der Waals surface area contributed by atoms with E-state index in [1.165, 1.54) is 12.1 Å². The second-order valence-corrected chi connectivity index (χ2v) is 10.1. The molecule has 4 aromatic rings. The van der Waals surface area contributed by atoms with Gasteiger partial charge in [-0.15, -0.1) is 0 Å². The minimum absolute atomic E-state index is 0.0409. The number of hydrogen-bond donors (Lipinski definition) is 1. The third-order valence-corrected chi connectivity index (χ3v) is 7.83. The van der Waals surface area contributed by atoms with Gasteiger partial charge in [-0.05, 0) is 91.5 Å². The number of furan rings is 1. The summed E-state index contributed by atoms with van der Waals surface area (Å²) in [6, 6.07) is 19.5. The Balaban J connectivity index is 1.33. The lowest BCUT2D eigenvalue weighted by molar-refractivity contribution is 0.0620. The van der Waals surface area contributed by atoms with Crippen molar-refractivity contribution in [3.05, 3.63) is 83.7 Å². The molecule has 3 aliphatic heterocycles. The van der Waals surface area contributed by atoms with Gasteiger partial charge in [-0.3, -0.25) is 9.59 Å². The van der Waals surface area contributed by atoms with Crippen LogP contribution in [-0.2, 0) is 0 Å². The second kappa shape index (κ2) is 9.60. The molecule has 4 heterocycles. The zero-order chi connectivity index (χ0) is 25.5. The number of rotatable bonds is 6. The summed E-state index contributed by atoms with van der Waals surface area (Å²) in [4.78, 5) is 28.6. The van der Waals surface area contributed by atoms with Crippen LogP contribution < -0.4 is 5.32 Å². The number of carbonyl (C=O) groups excluding carboxylic acids is 2. The van der Waals surface area contributed by atoms with Crippen LogP contribution in [0.25, 0.3) is 33.4 Å². The molecule has 7 rings (SSSR count). The number of benzene rings is 3. The number of nitrogens with one attached hydrogen (secondary N) is 1. The molecule has 5 nitrogen and oxygen atoms in total. The first-order chi connectivity index (χ1) is 18.0. The molecule has 1 unspecified atom stereocenters. The van der Waals surface area contributed by atoms with Gasteiger partial charge in [0.05, 0.1) is 5.56 Å². The molecule has 1 amide bonds. The van der Waals surface area contributed by atoms with Crippen molar-refractivity contribution >= 4 is 22.7 Å². The van der Waals surface area contributed by atoms with E-state index in [0.29, 0.717) is 45.8 Å². The number of carbonyl (C=O) groups is 2. The van der Waals surface area contributed by atoms with Gasteiger partial charge in [0, 0.05) is 35.5 Å². The van der Waals surface area contributed by atoms with Crippen molar-refractivity contribution in [1.29, 1.82) is 0 Å². The predicted molar refractivity (Wildman–Crippen MR) is 142 cm³/mol. The molecule has 37 heavy (non-hydrogen) atoms. The van der Waals surface area contributed by atoms with Crippen LogP contribution in [0.1, 0.15) is 46.9 Å². The van der Waals surface area contributed by atoms with Crippen LogP contribution >= 0.6 is 0 Å². The number of Topliss-reactive ketones (excluding diaryl/α,β-unsaturated/α-hetero) is 1. The van der Waals surface area contributed by atoms with E-state index in [2.05, 4.69) is 10.2 Å². The van der Waals surface area contributed by atoms with Gasteiger partial charge in [0.25, 0.3) is 5.91 Å². The van der Waals surface area contributed by atoms with Crippen molar-refractivity contribution in [3.8, 4) is 22.5 Å². The summed E-state index contributed by atoms with van der Waals surface area (Å²) in [6.07, 6.45) is 2.62. The van der Waals surface area contributed by atoms with E-state index in [1.54, 1.807) is 12.1 Å². The number of fused-ring (bicyclic) bond motifs is 4. The van der Waals surface area contributed by atoms with Crippen molar-refractivity contribution < 1.29 is 18.4 Å². The van der Waals surface area contributed by atoms with Crippen LogP contribution in [0, 0.1) is 11.7 Å². The van der Waals surface area contributed by atoms with Gasteiger partial charge >= 0.3 is 0 Å². The molecule has 0 saturated carbocycles. The Hall–Kier alpha value is -3.77. The maximum absolute atomic E-state index is 13.5. The van der Waals surface area contributed by atoms with E-state index < -0.39 is 0 Å². The Morgan fingerprint density at radius 3 is 2.41 bits per heavy atom. The fourth-order valence-electron chi connectivity index (χ4n) is 5.76. The number of ketones is 1. The summed E-state index contributed by atoms with van der Waals surface area (Å²) < 4.78 is 19.6. The summed E-state index contributed by atoms with van der Waals surface area (Å²) in [5.41, 5.74) is 4.16.